The molecule has 2 N–H and O–H groups in total. The fourth-order valence-corrected chi connectivity index (χ4v) is 4.42. The van der Waals surface area contributed by atoms with E-state index in [0.29, 0.717) is 17.9 Å². The number of hydrogen-bond acceptors (Lipinski definition) is 5. The van der Waals surface area contributed by atoms with E-state index < -0.39 is 10.0 Å². The quantitative estimate of drug-likeness (QED) is 0.828. The minimum atomic E-state index is -3.60. The van der Waals surface area contributed by atoms with Gasteiger partial charge in [0.1, 0.15) is 0 Å². The molecule has 0 unspecified atom stereocenters. The van der Waals surface area contributed by atoms with Gasteiger partial charge in [0.05, 0.1) is 4.90 Å². The van der Waals surface area contributed by atoms with E-state index >= 15 is 0 Å². The maximum atomic E-state index is 12.6. The van der Waals surface area contributed by atoms with Crippen molar-refractivity contribution in [3.8, 4) is 5.75 Å². The Hall–Kier alpha value is -2.16. The number of hydrogen-bond donors (Lipinski definition) is 2. The predicted octanol–water partition coefficient (Wildman–Crippen LogP) is 2.48. The van der Waals surface area contributed by atoms with Crippen molar-refractivity contribution in [3.63, 3.8) is 0 Å². The van der Waals surface area contributed by atoms with Crippen molar-refractivity contribution in [2.75, 3.05) is 18.4 Å². The fourth-order valence-electron chi connectivity index (χ4n) is 2.83. The van der Waals surface area contributed by atoms with E-state index in [9.17, 15) is 18.3 Å². The Bertz CT molecular complexity index is 894. The first kappa shape index (κ1) is 18.6. The molecule has 1 fully saturated rings. The zero-order valence-corrected chi connectivity index (χ0v) is 15.4. The molecule has 1 aromatic carbocycles. The lowest BCUT2D eigenvalue weighted by Crippen LogP contribution is -2.41. The normalized spacial score (nSPS) is 16.3. The van der Waals surface area contributed by atoms with E-state index in [1.807, 2.05) is 0 Å². The Balaban J connectivity index is 1.62. The van der Waals surface area contributed by atoms with E-state index in [0.717, 1.165) is 0 Å². The molecule has 2 aromatic rings. The van der Waals surface area contributed by atoms with Crippen molar-refractivity contribution in [2.24, 2.45) is 5.92 Å². The molecule has 0 radical (unpaired) electrons. The standard InChI is InChI=1S/C17H18ClN3O4S/c18-13-3-5-14(6-4-13)26(24,25)21-10-7-12(8-11-21)17(23)20-16-15(22)2-1-9-19-16/h1-6,9,12,22H,7-8,10-11H2,(H,19,20,23). The van der Waals surface area contributed by atoms with E-state index in [1.165, 1.54) is 40.8 Å². The summed E-state index contributed by atoms with van der Waals surface area (Å²) in [6, 6.07) is 9.01. The monoisotopic (exact) mass is 395 g/mol. The van der Waals surface area contributed by atoms with Crippen molar-refractivity contribution >= 4 is 33.3 Å². The number of benzene rings is 1. The first-order valence-electron chi connectivity index (χ1n) is 8.08. The highest BCUT2D eigenvalue weighted by Crippen LogP contribution is 2.26. The number of piperidine rings is 1. The Kier molecular flexibility index (Phi) is 5.45. The second kappa shape index (κ2) is 7.61. The number of rotatable bonds is 4. The molecular weight excluding hydrogens is 378 g/mol. The van der Waals surface area contributed by atoms with Crippen LogP contribution >= 0.6 is 11.6 Å². The minimum absolute atomic E-state index is 0.105. The van der Waals surface area contributed by atoms with Gasteiger partial charge in [-0.25, -0.2) is 13.4 Å². The minimum Gasteiger partial charge on any atom is -0.504 e. The van der Waals surface area contributed by atoms with Crippen LogP contribution in [0.3, 0.4) is 0 Å². The van der Waals surface area contributed by atoms with Gasteiger partial charge in [-0.3, -0.25) is 4.79 Å². The zero-order chi connectivity index (χ0) is 18.7. The highest BCUT2D eigenvalue weighted by Gasteiger charge is 2.32. The number of sulfonamides is 1. The third-order valence-corrected chi connectivity index (χ3v) is 6.47. The molecule has 9 heteroatoms. The van der Waals surface area contributed by atoms with E-state index in [2.05, 4.69) is 10.3 Å². The summed E-state index contributed by atoms with van der Waals surface area (Å²) in [5, 5.41) is 12.7. The van der Waals surface area contributed by atoms with Crippen LogP contribution < -0.4 is 5.32 Å². The van der Waals surface area contributed by atoms with Crippen molar-refractivity contribution in [2.45, 2.75) is 17.7 Å². The van der Waals surface area contributed by atoms with Crippen LogP contribution in [0.1, 0.15) is 12.8 Å². The number of nitrogens with zero attached hydrogens (tertiary/aromatic N) is 2. The van der Waals surface area contributed by atoms with Crippen molar-refractivity contribution in [1.29, 1.82) is 0 Å². The molecule has 1 aromatic heterocycles. The second-order valence-corrected chi connectivity index (χ2v) is 8.37. The maximum Gasteiger partial charge on any atom is 0.243 e. The van der Waals surface area contributed by atoms with Gasteiger partial charge >= 0.3 is 0 Å². The topological polar surface area (TPSA) is 99.6 Å². The molecule has 1 aliphatic heterocycles. The Morgan fingerprint density at radius 3 is 2.46 bits per heavy atom. The zero-order valence-electron chi connectivity index (χ0n) is 13.8. The second-order valence-electron chi connectivity index (χ2n) is 5.99. The van der Waals surface area contributed by atoms with Crippen LogP contribution in [0.2, 0.25) is 5.02 Å². The van der Waals surface area contributed by atoms with Gasteiger partial charge in [0.2, 0.25) is 15.9 Å². The Morgan fingerprint density at radius 2 is 1.85 bits per heavy atom. The number of pyridine rings is 1. The van der Waals surface area contributed by atoms with Crippen LogP contribution in [0.5, 0.6) is 5.75 Å². The van der Waals surface area contributed by atoms with Crippen LogP contribution in [0, 0.1) is 5.92 Å². The highest BCUT2D eigenvalue weighted by molar-refractivity contribution is 7.89. The van der Waals surface area contributed by atoms with Gasteiger partial charge in [-0.15, -0.1) is 0 Å². The summed E-state index contributed by atoms with van der Waals surface area (Å²) in [7, 11) is -3.60. The number of anilines is 1. The average Bonchev–Trinajstić information content (AvgIpc) is 2.64. The van der Waals surface area contributed by atoms with Crippen LogP contribution in [-0.2, 0) is 14.8 Å². The van der Waals surface area contributed by atoms with Gasteiger partial charge in [0.15, 0.2) is 11.6 Å². The van der Waals surface area contributed by atoms with Crippen LogP contribution in [-0.4, -0.2) is 41.8 Å². The van der Waals surface area contributed by atoms with Crippen LogP contribution in [0.15, 0.2) is 47.5 Å². The predicted molar refractivity (Wildman–Crippen MR) is 97.5 cm³/mol. The van der Waals surface area contributed by atoms with Gasteiger partial charge in [0, 0.05) is 30.2 Å². The number of nitrogens with one attached hydrogen (secondary N) is 1. The molecule has 1 aliphatic rings. The lowest BCUT2D eigenvalue weighted by atomic mass is 9.97. The first-order chi connectivity index (χ1) is 12.4. The number of carbonyl (C=O) groups is 1. The van der Waals surface area contributed by atoms with Gasteiger partial charge in [-0.2, -0.15) is 4.31 Å². The molecule has 3 rings (SSSR count). The third kappa shape index (κ3) is 3.98. The molecule has 0 atom stereocenters. The van der Waals surface area contributed by atoms with Gasteiger partial charge in [-0.1, -0.05) is 11.6 Å². The summed E-state index contributed by atoms with van der Waals surface area (Å²) in [4.78, 5) is 16.4. The summed E-state index contributed by atoms with van der Waals surface area (Å²) in [5.41, 5.74) is 0. The molecule has 0 saturated carbocycles. The van der Waals surface area contributed by atoms with Gasteiger partial charge < -0.3 is 10.4 Å². The molecule has 1 saturated heterocycles. The van der Waals surface area contributed by atoms with Crippen molar-refractivity contribution in [3.05, 3.63) is 47.6 Å². The summed E-state index contributed by atoms with van der Waals surface area (Å²) in [6.07, 6.45) is 2.26. The highest BCUT2D eigenvalue weighted by atomic mass is 35.5. The van der Waals surface area contributed by atoms with Crippen molar-refractivity contribution < 1.29 is 18.3 Å². The van der Waals surface area contributed by atoms with Crippen LogP contribution in [0.4, 0.5) is 5.82 Å². The summed E-state index contributed by atoms with van der Waals surface area (Å²) in [5.74, 6) is -0.618. The molecule has 26 heavy (non-hydrogen) atoms. The van der Waals surface area contributed by atoms with Crippen molar-refractivity contribution in [1.82, 2.24) is 9.29 Å². The van der Waals surface area contributed by atoms with Crippen LogP contribution in [0.25, 0.3) is 0 Å². The Labute approximate surface area is 156 Å². The van der Waals surface area contributed by atoms with Gasteiger partial charge in [-0.05, 0) is 49.2 Å². The molecule has 0 spiro atoms. The maximum absolute atomic E-state index is 12.6. The van der Waals surface area contributed by atoms with E-state index in [1.54, 1.807) is 6.07 Å². The number of halogens is 1. The Morgan fingerprint density at radius 1 is 1.19 bits per heavy atom. The first-order valence-corrected chi connectivity index (χ1v) is 9.90. The summed E-state index contributed by atoms with van der Waals surface area (Å²) >= 11 is 5.80. The fraction of sp³-hybridized carbons (Fsp3) is 0.294. The lowest BCUT2D eigenvalue weighted by molar-refractivity contribution is -0.120. The van der Waals surface area contributed by atoms with Gasteiger partial charge in [0.25, 0.3) is 0 Å². The smallest absolute Gasteiger partial charge is 0.243 e. The SMILES string of the molecule is O=C(Nc1ncccc1O)C1CCN(S(=O)(=O)c2ccc(Cl)cc2)CC1. The third-order valence-electron chi connectivity index (χ3n) is 4.30. The lowest BCUT2D eigenvalue weighted by Gasteiger charge is -2.30. The molecule has 0 bridgehead atoms. The molecular formula is C17H18ClN3O4S. The number of aromatic hydroxyl groups is 1. The molecule has 2 heterocycles. The average molecular weight is 396 g/mol. The number of aromatic nitrogens is 1. The molecule has 1 amide bonds. The largest absolute Gasteiger partial charge is 0.504 e. The van der Waals surface area contributed by atoms with E-state index in [4.69, 9.17) is 11.6 Å². The molecule has 7 nitrogen and oxygen atoms in total. The van der Waals surface area contributed by atoms with E-state index in [-0.39, 0.29) is 41.4 Å². The summed E-state index contributed by atoms with van der Waals surface area (Å²) in [6.45, 7) is 0.495. The molecule has 0 aliphatic carbocycles. The molecule has 138 valence electrons. The number of amides is 1. The summed E-state index contributed by atoms with van der Waals surface area (Å²) < 4.78 is 26.7. The number of carbonyl (C=O) groups excluding carboxylic acids is 1.